The Balaban J connectivity index is 2.87. The molecular formula is C11H18O. The third-order valence-corrected chi connectivity index (χ3v) is 2.74. The minimum Gasteiger partial charge on any atom is -0.295 e. The van der Waals surface area contributed by atoms with E-state index in [1.54, 1.807) is 6.08 Å². The molecule has 0 saturated heterocycles. The van der Waals surface area contributed by atoms with E-state index in [9.17, 15) is 4.79 Å². The predicted octanol–water partition coefficient (Wildman–Crippen LogP) is 2.81. The van der Waals surface area contributed by atoms with Gasteiger partial charge >= 0.3 is 0 Å². The van der Waals surface area contributed by atoms with E-state index in [0.29, 0.717) is 18.3 Å². The van der Waals surface area contributed by atoms with E-state index in [4.69, 9.17) is 0 Å². The summed E-state index contributed by atoms with van der Waals surface area (Å²) in [6, 6.07) is 0. The SMILES string of the molecule is CC(C)C1C=CC(=O)CC1(C)C. The quantitative estimate of drug-likeness (QED) is 0.585. The molecule has 1 atom stereocenters. The van der Waals surface area contributed by atoms with Crippen LogP contribution in [-0.2, 0) is 4.79 Å². The Morgan fingerprint density at radius 3 is 2.50 bits per heavy atom. The van der Waals surface area contributed by atoms with Gasteiger partial charge in [-0.25, -0.2) is 0 Å². The third-order valence-electron chi connectivity index (χ3n) is 2.74. The first-order chi connectivity index (χ1) is 5.43. The van der Waals surface area contributed by atoms with Gasteiger partial charge in [0, 0.05) is 6.42 Å². The summed E-state index contributed by atoms with van der Waals surface area (Å²) >= 11 is 0. The summed E-state index contributed by atoms with van der Waals surface area (Å²) in [5, 5.41) is 0. The highest BCUT2D eigenvalue weighted by molar-refractivity contribution is 5.91. The van der Waals surface area contributed by atoms with Crippen molar-refractivity contribution < 1.29 is 4.79 Å². The second kappa shape index (κ2) is 3.04. The molecule has 0 saturated carbocycles. The van der Waals surface area contributed by atoms with Crippen molar-refractivity contribution in [3.63, 3.8) is 0 Å². The zero-order valence-electron chi connectivity index (χ0n) is 8.42. The lowest BCUT2D eigenvalue weighted by atomic mass is 9.67. The second-order valence-corrected chi connectivity index (χ2v) is 4.76. The molecule has 0 fully saturated rings. The Labute approximate surface area is 74.9 Å². The highest BCUT2D eigenvalue weighted by Crippen LogP contribution is 2.39. The molecule has 0 aromatic carbocycles. The average molecular weight is 166 g/mol. The third kappa shape index (κ3) is 1.77. The molecule has 0 aromatic rings. The van der Waals surface area contributed by atoms with Crippen LogP contribution in [0.1, 0.15) is 34.1 Å². The molecule has 0 heterocycles. The van der Waals surface area contributed by atoms with Gasteiger partial charge in [-0.15, -0.1) is 0 Å². The molecule has 0 radical (unpaired) electrons. The monoisotopic (exact) mass is 166 g/mol. The molecule has 1 aliphatic rings. The Bertz CT molecular complexity index is 211. The second-order valence-electron chi connectivity index (χ2n) is 4.76. The molecule has 68 valence electrons. The van der Waals surface area contributed by atoms with Crippen LogP contribution < -0.4 is 0 Å². The molecule has 0 aromatic heterocycles. The maximum atomic E-state index is 11.2. The topological polar surface area (TPSA) is 17.1 Å². The zero-order valence-corrected chi connectivity index (χ0v) is 8.42. The summed E-state index contributed by atoms with van der Waals surface area (Å²) < 4.78 is 0. The van der Waals surface area contributed by atoms with Crippen molar-refractivity contribution in [3.8, 4) is 0 Å². The number of allylic oxidation sites excluding steroid dienone is 2. The van der Waals surface area contributed by atoms with Crippen LogP contribution in [0, 0.1) is 17.3 Å². The predicted molar refractivity (Wildman–Crippen MR) is 50.9 cm³/mol. The standard InChI is InChI=1S/C11H18O/c1-8(2)10-6-5-9(12)7-11(10,3)4/h5-6,8,10H,7H2,1-4H3. The van der Waals surface area contributed by atoms with Crippen molar-refractivity contribution in [2.45, 2.75) is 34.1 Å². The molecule has 0 aliphatic heterocycles. The molecule has 0 bridgehead atoms. The number of carbonyl (C=O) groups excluding carboxylic acids is 1. The highest BCUT2D eigenvalue weighted by Gasteiger charge is 2.34. The minimum absolute atomic E-state index is 0.153. The molecule has 1 aliphatic carbocycles. The summed E-state index contributed by atoms with van der Waals surface area (Å²) in [5.41, 5.74) is 0.153. The molecular weight excluding hydrogens is 148 g/mol. The molecule has 1 rings (SSSR count). The number of rotatable bonds is 1. The molecule has 0 N–H and O–H groups in total. The van der Waals surface area contributed by atoms with Gasteiger partial charge in [0.1, 0.15) is 0 Å². The van der Waals surface area contributed by atoms with Crippen molar-refractivity contribution in [1.82, 2.24) is 0 Å². The van der Waals surface area contributed by atoms with Gasteiger partial charge in [-0.2, -0.15) is 0 Å². The van der Waals surface area contributed by atoms with E-state index in [1.807, 2.05) is 0 Å². The first kappa shape index (κ1) is 9.50. The fourth-order valence-corrected chi connectivity index (χ4v) is 2.22. The lowest BCUT2D eigenvalue weighted by Crippen LogP contribution is -2.32. The highest BCUT2D eigenvalue weighted by atomic mass is 16.1. The van der Waals surface area contributed by atoms with E-state index >= 15 is 0 Å². The largest absolute Gasteiger partial charge is 0.295 e. The van der Waals surface area contributed by atoms with Crippen LogP contribution in [0.3, 0.4) is 0 Å². The maximum Gasteiger partial charge on any atom is 0.155 e. The molecule has 1 nitrogen and oxygen atoms in total. The zero-order chi connectivity index (χ0) is 9.35. The number of carbonyl (C=O) groups is 1. The van der Waals surface area contributed by atoms with E-state index < -0.39 is 0 Å². The number of ketones is 1. The van der Waals surface area contributed by atoms with E-state index in [1.165, 1.54) is 0 Å². The van der Waals surface area contributed by atoms with Gasteiger partial charge in [0.05, 0.1) is 0 Å². The van der Waals surface area contributed by atoms with Crippen LogP contribution in [0.4, 0.5) is 0 Å². The Morgan fingerprint density at radius 2 is 2.08 bits per heavy atom. The van der Waals surface area contributed by atoms with E-state index in [2.05, 4.69) is 33.8 Å². The van der Waals surface area contributed by atoms with E-state index in [-0.39, 0.29) is 11.2 Å². The van der Waals surface area contributed by atoms with Crippen LogP contribution in [0.15, 0.2) is 12.2 Å². The van der Waals surface area contributed by atoms with Crippen molar-refractivity contribution in [3.05, 3.63) is 12.2 Å². The lowest BCUT2D eigenvalue weighted by molar-refractivity contribution is -0.117. The fourth-order valence-electron chi connectivity index (χ4n) is 2.22. The smallest absolute Gasteiger partial charge is 0.155 e. The normalized spacial score (nSPS) is 28.1. The van der Waals surface area contributed by atoms with Crippen molar-refractivity contribution in [1.29, 1.82) is 0 Å². The molecule has 0 spiro atoms. The Kier molecular flexibility index (Phi) is 2.41. The number of hydrogen-bond donors (Lipinski definition) is 0. The summed E-state index contributed by atoms with van der Waals surface area (Å²) in [5.74, 6) is 1.46. The van der Waals surface area contributed by atoms with E-state index in [0.717, 1.165) is 0 Å². The minimum atomic E-state index is 0.153. The van der Waals surface area contributed by atoms with Gasteiger partial charge in [-0.05, 0) is 23.3 Å². The van der Waals surface area contributed by atoms with Crippen LogP contribution in [0.25, 0.3) is 0 Å². The molecule has 1 heteroatoms. The van der Waals surface area contributed by atoms with Gasteiger partial charge < -0.3 is 0 Å². The molecule has 0 amide bonds. The first-order valence-electron chi connectivity index (χ1n) is 4.64. The lowest BCUT2D eigenvalue weighted by Gasteiger charge is -2.37. The summed E-state index contributed by atoms with van der Waals surface area (Å²) in [6.45, 7) is 8.79. The van der Waals surface area contributed by atoms with Crippen LogP contribution in [0.5, 0.6) is 0 Å². The Hall–Kier alpha value is -0.590. The van der Waals surface area contributed by atoms with Crippen molar-refractivity contribution >= 4 is 5.78 Å². The first-order valence-corrected chi connectivity index (χ1v) is 4.64. The van der Waals surface area contributed by atoms with Gasteiger partial charge in [0.2, 0.25) is 0 Å². The van der Waals surface area contributed by atoms with Gasteiger partial charge in [-0.1, -0.05) is 33.8 Å². The summed E-state index contributed by atoms with van der Waals surface area (Å²) in [4.78, 5) is 11.2. The fraction of sp³-hybridized carbons (Fsp3) is 0.727. The van der Waals surface area contributed by atoms with Crippen LogP contribution in [0.2, 0.25) is 0 Å². The van der Waals surface area contributed by atoms with Crippen molar-refractivity contribution in [2.75, 3.05) is 0 Å². The molecule has 12 heavy (non-hydrogen) atoms. The maximum absolute atomic E-state index is 11.2. The molecule has 1 unspecified atom stereocenters. The van der Waals surface area contributed by atoms with Gasteiger partial charge in [0.25, 0.3) is 0 Å². The average Bonchev–Trinajstić information content (AvgIpc) is 1.82. The van der Waals surface area contributed by atoms with Gasteiger partial charge in [-0.3, -0.25) is 4.79 Å². The summed E-state index contributed by atoms with van der Waals surface area (Å²) in [6.07, 6.45) is 4.53. The van der Waals surface area contributed by atoms with Crippen molar-refractivity contribution in [2.24, 2.45) is 17.3 Å². The summed E-state index contributed by atoms with van der Waals surface area (Å²) in [7, 11) is 0. The van der Waals surface area contributed by atoms with Crippen LogP contribution in [-0.4, -0.2) is 5.78 Å². The number of hydrogen-bond acceptors (Lipinski definition) is 1. The Morgan fingerprint density at radius 1 is 1.50 bits per heavy atom. The van der Waals surface area contributed by atoms with Gasteiger partial charge in [0.15, 0.2) is 5.78 Å². The van der Waals surface area contributed by atoms with Crippen LogP contribution >= 0.6 is 0 Å².